The normalized spacial score (nSPS) is 18.5. The van der Waals surface area contributed by atoms with Crippen LogP contribution in [0.3, 0.4) is 0 Å². The van der Waals surface area contributed by atoms with Crippen LogP contribution in [0.1, 0.15) is 23.2 Å². The molecule has 1 aliphatic carbocycles. The Morgan fingerprint density at radius 2 is 1.76 bits per heavy atom. The first kappa shape index (κ1) is 16.3. The molecule has 0 spiro atoms. The van der Waals surface area contributed by atoms with Crippen molar-refractivity contribution >= 4 is 5.91 Å². The molecule has 0 unspecified atom stereocenters. The molecular weight excluding hydrogens is 312 g/mol. The van der Waals surface area contributed by atoms with Crippen molar-refractivity contribution in [3.8, 4) is 0 Å². The van der Waals surface area contributed by atoms with Crippen molar-refractivity contribution in [2.24, 2.45) is 0 Å². The third kappa shape index (κ3) is 3.47. The summed E-state index contributed by atoms with van der Waals surface area (Å²) in [6.07, 6.45) is 4.64. The lowest BCUT2D eigenvalue weighted by atomic mass is 10.1. The van der Waals surface area contributed by atoms with E-state index in [2.05, 4.69) is 34.3 Å². The lowest BCUT2D eigenvalue weighted by Gasteiger charge is -2.38. The van der Waals surface area contributed by atoms with E-state index in [1.54, 1.807) is 6.20 Å². The van der Waals surface area contributed by atoms with Crippen molar-refractivity contribution in [2.45, 2.75) is 38.8 Å². The first-order valence-corrected chi connectivity index (χ1v) is 9.28. The van der Waals surface area contributed by atoms with Crippen LogP contribution in [0.15, 0.2) is 36.5 Å². The van der Waals surface area contributed by atoms with Crippen LogP contribution in [-0.4, -0.2) is 57.7 Å². The summed E-state index contributed by atoms with van der Waals surface area (Å²) in [7, 11) is 0. The standard InChI is InChI=1S/C20H26N4O/c1-16-6-8-21-24(16)9-7-20(25)23-12-10-22(11-13-23)19-14-17-4-2-3-5-18(17)15-19/h2-6,8,19H,7,9-15H2,1H3. The molecule has 0 bridgehead atoms. The maximum atomic E-state index is 12.5. The first-order chi connectivity index (χ1) is 12.2. The molecule has 1 aliphatic heterocycles. The van der Waals surface area contributed by atoms with Crippen molar-refractivity contribution in [3.63, 3.8) is 0 Å². The Morgan fingerprint density at radius 1 is 1.08 bits per heavy atom. The summed E-state index contributed by atoms with van der Waals surface area (Å²) in [6, 6.07) is 11.4. The summed E-state index contributed by atoms with van der Waals surface area (Å²) in [5.74, 6) is 0.254. The number of aryl methyl sites for hydroxylation is 2. The molecule has 0 radical (unpaired) electrons. The van der Waals surface area contributed by atoms with Crippen molar-refractivity contribution in [3.05, 3.63) is 53.3 Å². The van der Waals surface area contributed by atoms with E-state index < -0.39 is 0 Å². The number of amides is 1. The van der Waals surface area contributed by atoms with Gasteiger partial charge in [-0.15, -0.1) is 0 Å². The predicted molar refractivity (Wildman–Crippen MR) is 97.4 cm³/mol. The Morgan fingerprint density at radius 3 is 2.36 bits per heavy atom. The van der Waals surface area contributed by atoms with Crippen molar-refractivity contribution in [1.29, 1.82) is 0 Å². The molecule has 2 aromatic rings. The number of benzene rings is 1. The molecule has 5 heteroatoms. The van der Waals surface area contributed by atoms with E-state index >= 15 is 0 Å². The fraction of sp³-hybridized carbons (Fsp3) is 0.500. The van der Waals surface area contributed by atoms with E-state index in [4.69, 9.17) is 0 Å². The van der Waals surface area contributed by atoms with Crippen molar-refractivity contribution < 1.29 is 4.79 Å². The lowest BCUT2D eigenvalue weighted by molar-refractivity contribution is -0.133. The van der Waals surface area contributed by atoms with E-state index in [9.17, 15) is 4.79 Å². The second-order valence-electron chi connectivity index (χ2n) is 7.19. The summed E-state index contributed by atoms with van der Waals surface area (Å²) in [4.78, 5) is 17.1. The zero-order valence-electron chi connectivity index (χ0n) is 14.9. The number of piperazine rings is 1. The highest BCUT2D eigenvalue weighted by Crippen LogP contribution is 2.26. The lowest BCUT2D eigenvalue weighted by Crippen LogP contribution is -2.52. The average Bonchev–Trinajstić information content (AvgIpc) is 3.25. The molecule has 0 atom stereocenters. The van der Waals surface area contributed by atoms with Gasteiger partial charge in [-0.3, -0.25) is 14.4 Å². The first-order valence-electron chi connectivity index (χ1n) is 9.28. The molecular formula is C20H26N4O. The molecule has 5 nitrogen and oxygen atoms in total. The largest absolute Gasteiger partial charge is 0.340 e. The van der Waals surface area contributed by atoms with Gasteiger partial charge in [-0.25, -0.2) is 0 Å². The summed E-state index contributed by atoms with van der Waals surface area (Å²) in [5, 5.41) is 4.25. The van der Waals surface area contributed by atoms with Crippen LogP contribution in [0.2, 0.25) is 0 Å². The highest BCUT2D eigenvalue weighted by molar-refractivity contribution is 5.76. The maximum absolute atomic E-state index is 12.5. The quantitative estimate of drug-likeness (QED) is 0.855. The maximum Gasteiger partial charge on any atom is 0.224 e. The van der Waals surface area contributed by atoms with Gasteiger partial charge in [-0.2, -0.15) is 5.10 Å². The van der Waals surface area contributed by atoms with Crippen LogP contribution in [0, 0.1) is 6.92 Å². The molecule has 2 aliphatic rings. The Hall–Kier alpha value is -2.14. The van der Waals surface area contributed by atoms with Crippen molar-refractivity contribution in [1.82, 2.24) is 19.6 Å². The number of fused-ring (bicyclic) bond motifs is 1. The minimum absolute atomic E-state index is 0.254. The number of aromatic nitrogens is 2. The van der Waals surface area contributed by atoms with E-state index in [-0.39, 0.29) is 5.91 Å². The minimum Gasteiger partial charge on any atom is -0.340 e. The molecule has 0 N–H and O–H groups in total. The van der Waals surface area contributed by atoms with Gasteiger partial charge in [0.1, 0.15) is 0 Å². The van der Waals surface area contributed by atoms with E-state index in [1.807, 2.05) is 22.6 Å². The fourth-order valence-corrected chi connectivity index (χ4v) is 4.12. The van der Waals surface area contributed by atoms with Crippen LogP contribution in [0.25, 0.3) is 0 Å². The second-order valence-corrected chi connectivity index (χ2v) is 7.19. The summed E-state index contributed by atoms with van der Waals surface area (Å²) in [5.41, 5.74) is 4.11. The highest BCUT2D eigenvalue weighted by atomic mass is 16.2. The summed E-state index contributed by atoms with van der Waals surface area (Å²) >= 11 is 0. The molecule has 1 aromatic heterocycles. The molecule has 1 fully saturated rings. The van der Waals surface area contributed by atoms with Gasteiger partial charge in [0.2, 0.25) is 5.91 Å². The molecule has 132 valence electrons. The minimum atomic E-state index is 0.254. The number of carbonyl (C=O) groups excluding carboxylic acids is 1. The Kier molecular flexibility index (Phi) is 4.57. The van der Waals surface area contributed by atoms with Gasteiger partial charge in [0.05, 0.1) is 0 Å². The van der Waals surface area contributed by atoms with Crippen LogP contribution < -0.4 is 0 Å². The fourth-order valence-electron chi connectivity index (χ4n) is 4.12. The Labute approximate surface area is 149 Å². The third-order valence-corrected chi connectivity index (χ3v) is 5.68. The van der Waals surface area contributed by atoms with E-state index in [0.717, 1.165) is 44.7 Å². The molecule has 1 saturated heterocycles. The molecule has 25 heavy (non-hydrogen) atoms. The van der Waals surface area contributed by atoms with Crippen LogP contribution in [0.5, 0.6) is 0 Å². The Balaban J connectivity index is 1.26. The van der Waals surface area contributed by atoms with E-state index in [0.29, 0.717) is 19.0 Å². The second kappa shape index (κ2) is 7.00. The predicted octanol–water partition coefficient (Wildman–Crippen LogP) is 1.89. The summed E-state index contributed by atoms with van der Waals surface area (Å²) < 4.78 is 1.91. The third-order valence-electron chi connectivity index (χ3n) is 5.68. The topological polar surface area (TPSA) is 41.4 Å². The zero-order chi connectivity index (χ0) is 17.2. The molecule has 1 amide bonds. The number of hydrogen-bond donors (Lipinski definition) is 0. The van der Waals surface area contributed by atoms with Gasteiger partial charge >= 0.3 is 0 Å². The van der Waals surface area contributed by atoms with Gasteiger partial charge < -0.3 is 4.90 Å². The monoisotopic (exact) mass is 338 g/mol. The van der Waals surface area contributed by atoms with Crippen LogP contribution in [0.4, 0.5) is 0 Å². The Bertz CT molecular complexity index is 721. The molecule has 1 aromatic carbocycles. The van der Waals surface area contributed by atoms with Gasteiger partial charge in [-0.05, 0) is 37.0 Å². The molecule has 4 rings (SSSR count). The van der Waals surface area contributed by atoms with Crippen LogP contribution >= 0.6 is 0 Å². The van der Waals surface area contributed by atoms with Crippen molar-refractivity contribution in [2.75, 3.05) is 26.2 Å². The number of rotatable bonds is 4. The van der Waals surface area contributed by atoms with Gasteiger partial charge in [0.25, 0.3) is 0 Å². The number of hydrogen-bond acceptors (Lipinski definition) is 3. The highest BCUT2D eigenvalue weighted by Gasteiger charge is 2.30. The van der Waals surface area contributed by atoms with Gasteiger partial charge in [0.15, 0.2) is 0 Å². The average molecular weight is 338 g/mol. The zero-order valence-corrected chi connectivity index (χ0v) is 14.9. The number of nitrogens with zero attached hydrogens (tertiary/aromatic N) is 4. The molecule has 0 saturated carbocycles. The van der Waals surface area contributed by atoms with Gasteiger partial charge in [0, 0.05) is 57.1 Å². The SMILES string of the molecule is Cc1ccnn1CCC(=O)N1CCN(C2Cc3ccccc3C2)CC1. The van der Waals surface area contributed by atoms with Gasteiger partial charge in [-0.1, -0.05) is 24.3 Å². The summed E-state index contributed by atoms with van der Waals surface area (Å²) in [6.45, 7) is 6.38. The smallest absolute Gasteiger partial charge is 0.224 e. The van der Waals surface area contributed by atoms with Crippen LogP contribution in [-0.2, 0) is 24.2 Å². The number of carbonyl (C=O) groups is 1. The van der Waals surface area contributed by atoms with E-state index in [1.165, 1.54) is 11.1 Å². The molecule has 2 heterocycles.